The van der Waals surface area contributed by atoms with Crippen molar-refractivity contribution in [3.05, 3.63) is 54.1 Å². The molecule has 0 spiro atoms. The number of phenols is 1. The third kappa shape index (κ3) is 4.05. The van der Waals surface area contributed by atoms with Crippen LogP contribution in [0.2, 0.25) is 0 Å². The average Bonchev–Trinajstić information content (AvgIpc) is 2.55. The third-order valence-corrected chi connectivity index (χ3v) is 4.50. The fourth-order valence-corrected chi connectivity index (χ4v) is 3.16. The maximum Gasteiger partial charge on any atom is 1.00 e. The van der Waals surface area contributed by atoms with Crippen LogP contribution in [0, 0.1) is 6.92 Å². The van der Waals surface area contributed by atoms with Gasteiger partial charge in [0.25, 0.3) is 10.1 Å². The van der Waals surface area contributed by atoms with E-state index in [0.717, 1.165) is 11.6 Å². The molecule has 0 aliphatic rings. The number of phenolic OH excluding ortho intramolecular Hbond substituents is 1. The number of rotatable bonds is 3. The number of fused-ring (bicyclic) bond motifs is 1. The molecule has 0 aliphatic heterocycles. The zero-order valence-electron chi connectivity index (χ0n) is 14.0. The average molecular weight is 380 g/mol. The van der Waals surface area contributed by atoms with Crippen molar-refractivity contribution in [3.63, 3.8) is 0 Å². The van der Waals surface area contributed by atoms with E-state index in [2.05, 4.69) is 10.2 Å². The molecule has 0 heterocycles. The Morgan fingerprint density at radius 3 is 2.31 bits per heavy atom. The van der Waals surface area contributed by atoms with Gasteiger partial charge in [-0.05, 0) is 18.6 Å². The van der Waals surface area contributed by atoms with Crippen LogP contribution < -0.4 is 34.7 Å². The van der Waals surface area contributed by atoms with Gasteiger partial charge in [0.15, 0.2) is 0 Å². The molecule has 2 N–H and O–H groups in total. The topological polar surface area (TPSA) is 122 Å². The fraction of sp³-hybridized carbons (Fsp3) is 0.0588. The molecule has 3 rings (SSSR count). The first-order chi connectivity index (χ1) is 11.8. The van der Waals surface area contributed by atoms with E-state index in [1.165, 1.54) is 18.2 Å². The molecule has 0 fully saturated rings. The smallest absolute Gasteiger partial charge is 0.871 e. The van der Waals surface area contributed by atoms with E-state index in [1.807, 2.05) is 0 Å². The van der Waals surface area contributed by atoms with Gasteiger partial charge in [-0.3, -0.25) is 4.55 Å². The molecule has 3 aromatic carbocycles. The molecular formula is C17H13N2NaO5S. The molecule has 26 heavy (non-hydrogen) atoms. The van der Waals surface area contributed by atoms with Crippen LogP contribution in [-0.2, 0) is 10.1 Å². The van der Waals surface area contributed by atoms with E-state index in [4.69, 9.17) is 0 Å². The molecule has 0 bridgehead atoms. The summed E-state index contributed by atoms with van der Waals surface area (Å²) >= 11 is 0. The summed E-state index contributed by atoms with van der Waals surface area (Å²) in [5.41, 5.74) is 0.926. The Bertz CT molecular complexity index is 1110. The minimum Gasteiger partial charge on any atom is -0.871 e. The van der Waals surface area contributed by atoms with Crippen LogP contribution in [0.25, 0.3) is 10.8 Å². The van der Waals surface area contributed by atoms with Crippen molar-refractivity contribution in [2.75, 3.05) is 0 Å². The van der Waals surface area contributed by atoms with Crippen LogP contribution in [0.15, 0.2) is 63.7 Å². The second-order valence-electron chi connectivity index (χ2n) is 5.43. The summed E-state index contributed by atoms with van der Waals surface area (Å²) in [4.78, 5) is -0.431. The quantitative estimate of drug-likeness (QED) is 0.391. The van der Waals surface area contributed by atoms with Gasteiger partial charge in [0.1, 0.15) is 16.3 Å². The maximum absolute atomic E-state index is 11.8. The standard InChI is InChI=1S/C17H14N2O5S.Na/c1-10-6-7-14(20)13(8-10)18-19-17-12-5-3-2-4-11(12)16(9-15(17)21)25(22,23)24;/h2-9,20-21H,1H3,(H,22,23,24);/q;+1/p-1. The Kier molecular flexibility index (Phi) is 6.05. The van der Waals surface area contributed by atoms with Crippen LogP contribution in [0.1, 0.15) is 5.56 Å². The molecule has 0 saturated heterocycles. The number of azo groups is 1. The predicted octanol–water partition coefficient (Wildman–Crippen LogP) is 0.594. The Morgan fingerprint density at radius 2 is 1.65 bits per heavy atom. The monoisotopic (exact) mass is 380 g/mol. The Morgan fingerprint density at radius 1 is 1.00 bits per heavy atom. The van der Waals surface area contributed by atoms with E-state index in [-0.39, 0.29) is 57.5 Å². The van der Waals surface area contributed by atoms with Gasteiger partial charge in [0, 0.05) is 16.8 Å². The van der Waals surface area contributed by atoms with Gasteiger partial charge in [0.05, 0.1) is 5.69 Å². The molecule has 3 aromatic rings. The summed E-state index contributed by atoms with van der Waals surface area (Å²) in [6.07, 6.45) is 0. The van der Waals surface area contributed by atoms with Crippen molar-refractivity contribution in [1.82, 2.24) is 0 Å². The minimum atomic E-state index is -4.53. The van der Waals surface area contributed by atoms with Crippen LogP contribution >= 0.6 is 0 Å². The van der Waals surface area contributed by atoms with E-state index in [0.29, 0.717) is 0 Å². The molecule has 0 unspecified atom stereocenters. The summed E-state index contributed by atoms with van der Waals surface area (Å²) in [7, 11) is -4.53. The first kappa shape index (κ1) is 20.3. The molecule has 0 aliphatic carbocycles. The van der Waals surface area contributed by atoms with Crippen molar-refractivity contribution < 1.29 is 52.7 Å². The van der Waals surface area contributed by atoms with Crippen molar-refractivity contribution >= 4 is 32.3 Å². The zero-order valence-corrected chi connectivity index (χ0v) is 16.9. The van der Waals surface area contributed by atoms with E-state index in [9.17, 15) is 23.2 Å². The second-order valence-corrected chi connectivity index (χ2v) is 6.82. The third-order valence-electron chi connectivity index (χ3n) is 3.61. The van der Waals surface area contributed by atoms with Gasteiger partial charge in [-0.1, -0.05) is 42.1 Å². The number of nitrogens with zero attached hydrogens (tertiary/aromatic N) is 2. The van der Waals surface area contributed by atoms with Gasteiger partial charge in [0.2, 0.25) is 0 Å². The molecule has 0 amide bonds. The zero-order chi connectivity index (χ0) is 18.2. The van der Waals surface area contributed by atoms with E-state index >= 15 is 0 Å². The van der Waals surface area contributed by atoms with Gasteiger partial charge in [-0.2, -0.15) is 13.5 Å². The van der Waals surface area contributed by atoms with Crippen molar-refractivity contribution in [1.29, 1.82) is 0 Å². The van der Waals surface area contributed by atoms with Crippen LogP contribution in [0.3, 0.4) is 0 Å². The van der Waals surface area contributed by atoms with Crippen molar-refractivity contribution in [2.45, 2.75) is 11.8 Å². The maximum atomic E-state index is 11.8. The first-order valence-electron chi connectivity index (χ1n) is 7.19. The second kappa shape index (κ2) is 7.73. The van der Waals surface area contributed by atoms with E-state index < -0.39 is 20.8 Å². The molecule has 0 saturated carbocycles. The predicted molar refractivity (Wildman–Crippen MR) is 90.2 cm³/mol. The van der Waals surface area contributed by atoms with Crippen molar-refractivity contribution in [3.8, 4) is 11.5 Å². The number of aromatic hydroxyl groups is 1. The van der Waals surface area contributed by atoms with Crippen LogP contribution in [-0.4, -0.2) is 18.1 Å². The Hall–Kier alpha value is -1.97. The van der Waals surface area contributed by atoms with Gasteiger partial charge in [-0.25, -0.2) is 0 Å². The molecule has 0 aromatic heterocycles. The minimum absolute atomic E-state index is 0. The van der Waals surface area contributed by atoms with Gasteiger partial charge >= 0.3 is 29.6 Å². The summed E-state index contributed by atoms with van der Waals surface area (Å²) < 4.78 is 32.4. The SMILES string of the molecule is Cc1ccc([O-])c(N=Nc2c(O)cc(S(=O)(=O)O)c3ccccc23)c1.[Na+]. The van der Waals surface area contributed by atoms with Crippen LogP contribution in [0.5, 0.6) is 11.5 Å². The van der Waals surface area contributed by atoms with Gasteiger partial charge in [-0.15, -0.1) is 5.11 Å². The van der Waals surface area contributed by atoms with Gasteiger partial charge < -0.3 is 10.2 Å². The number of benzene rings is 3. The largest absolute Gasteiger partial charge is 1.00 e. The summed E-state index contributed by atoms with van der Waals surface area (Å²) in [5, 5.41) is 30.2. The van der Waals surface area contributed by atoms with Crippen LogP contribution in [0.4, 0.5) is 11.4 Å². The molecular weight excluding hydrogens is 367 g/mol. The molecule has 128 valence electrons. The fourth-order valence-electron chi connectivity index (χ4n) is 2.44. The summed E-state index contributed by atoms with van der Waals surface area (Å²) in [6, 6.07) is 11.7. The number of hydrogen-bond donors (Lipinski definition) is 2. The number of hydrogen-bond acceptors (Lipinski definition) is 6. The van der Waals surface area contributed by atoms with Crippen molar-refractivity contribution in [2.24, 2.45) is 10.2 Å². The Balaban J connectivity index is 0.00000243. The summed E-state index contributed by atoms with van der Waals surface area (Å²) in [6.45, 7) is 1.80. The molecule has 0 atom stereocenters. The Labute approximate surface area is 172 Å². The number of aryl methyl sites for hydroxylation is 1. The van der Waals surface area contributed by atoms with E-state index in [1.54, 1.807) is 31.2 Å². The molecule has 9 heteroatoms. The first-order valence-corrected chi connectivity index (χ1v) is 8.63. The summed E-state index contributed by atoms with van der Waals surface area (Å²) in [5.74, 6) is -0.803. The normalized spacial score (nSPS) is 11.6. The molecule has 7 nitrogen and oxygen atoms in total. The molecule has 0 radical (unpaired) electrons.